The highest BCUT2D eigenvalue weighted by molar-refractivity contribution is 5.93. The third kappa shape index (κ3) is 18.5. The van der Waals surface area contributed by atoms with Gasteiger partial charge in [-0.1, -0.05) is 206 Å². The topological polar surface area (TPSA) is 203 Å². The van der Waals surface area contributed by atoms with Crippen LogP contribution in [0.4, 0.5) is 9.59 Å². The van der Waals surface area contributed by atoms with Crippen LogP contribution in [-0.4, -0.2) is 91.7 Å². The summed E-state index contributed by atoms with van der Waals surface area (Å²) in [4.78, 5) is 85.7. The van der Waals surface area contributed by atoms with Crippen LogP contribution in [0, 0.1) is 0 Å². The predicted molar refractivity (Wildman–Crippen MR) is 356 cm³/mol. The van der Waals surface area contributed by atoms with Crippen molar-refractivity contribution in [1.29, 1.82) is 0 Å². The van der Waals surface area contributed by atoms with Crippen LogP contribution in [-0.2, 0) is 53.8 Å². The molecule has 1 aliphatic rings. The normalized spacial score (nSPS) is 12.4. The van der Waals surface area contributed by atoms with E-state index in [0.717, 1.165) is 50.1 Å². The number of nitrogens with one attached hydrogen (secondary N) is 5. The number of benzene rings is 8. The van der Waals surface area contributed by atoms with Gasteiger partial charge in [-0.15, -0.1) is 0 Å². The van der Waals surface area contributed by atoms with Crippen LogP contribution < -0.4 is 36.1 Å². The Labute approximate surface area is 539 Å². The number of nitrogens with zero attached hydrogens (tertiary/aromatic N) is 1. The zero-order chi connectivity index (χ0) is 64.7. The minimum absolute atomic E-state index is 0.0652. The molecule has 92 heavy (non-hydrogen) atoms. The standard InChI is InChI=1S/C76H82N6O10/c1-75(2,3)92-73(87)78-46-27-42-66(80-74(88)91-53-65-63-40-23-21-38-61(63)62-39-22-24-41-64(62)65)71(85)77-45-25-10-26-47-82(4)72(86)67(50-70(84)81-76(57-32-15-7-16-33-57,58-34-17-8-18-35-58)59-36-19-9-20-37-59)79-69(83)48-56-43-44-60(89-51-54-28-11-5-12-29-54)49-68(56)90-52-55-30-13-6-14-31-55/h5-9,11-24,28-41,43-44,49,65-67H,10,25-27,42,45-48,50-53H2,1-4H3,(H,77,85)(H,78,87)(H,79,83)(H,80,88)(H,81,84)/t66-,67-/m0/s1. The van der Waals surface area contributed by atoms with Crippen molar-refractivity contribution in [2.45, 2.75) is 108 Å². The van der Waals surface area contributed by atoms with Crippen LogP contribution >= 0.6 is 0 Å². The van der Waals surface area contributed by atoms with Gasteiger partial charge in [0.1, 0.15) is 54.5 Å². The first-order valence-electron chi connectivity index (χ1n) is 31.5. The smallest absolute Gasteiger partial charge is 0.407 e. The first kappa shape index (κ1) is 66.2. The van der Waals surface area contributed by atoms with Gasteiger partial charge < -0.3 is 50.4 Å². The number of alkyl carbamates (subject to hydrolysis) is 2. The number of hydrogen-bond acceptors (Lipinski definition) is 10. The Morgan fingerprint density at radius 1 is 0.522 bits per heavy atom. The molecular formula is C76H82N6O10. The number of amides is 6. The van der Waals surface area contributed by atoms with Crippen molar-refractivity contribution in [2.24, 2.45) is 0 Å². The molecule has 476 valence electrons. The van der Waals surface area contributed by atoms with Crippen molar-refractivity contribution in [1.82, 2.24) is 31.5 Å². The summed E-state index contributed by atoms with van der Waals surface area (Å²) in [5.41, 5.74) is 7.25. The second-order valence-electron chi connectivity index (χ2n) is 23.9. The van der Waals surface area contributed by atoms with E-state index >= 15 is 0 Å². The van der Waals surface area contributed by atoms with Gasteiger partial charge in [0.25, 0.3) is 0 Å². The van der Waals surface area contributed by atoms with Gasteiger partial charge in [-0.25, -0.2) is 9.59 Å². The zero-order valence-electron chi connectivity index (χ0n) is 52.7. The molecule has 2 atom stereocenters. The summed E-state index contributed by atoms with van der Waals surface area (Å²) >= 11 is 0. The highest BCUT2D eigenvalue weighted by atomic mass is 16.6. The molecule has 0 saturated heterocycles. The first-order valence-corrected chi connectivity index (χ1v) is 31.5. The lowest BCUT2D eigenvalue weighted by molar-refractivity contribution is -0.137. The quantitative estimate of drug-likeness (QED) is 0.0213. The van der Waals surface area contributed by atoms with Crippen molar-refractivity contribution < 1.29 is 47.7 Å². The van der Waals surface area contributed by atoms with Gasteiger partial charge in [-0.2, -0.15) is 0 Å². The molecule has 0 radical (unpaired) electrons. The Hall–Kier alpha value is -10.2. The van der Waals surface area contributed by atoms with E-state index in [-0.39, 0.29) is 51.6 Å². The average Bonchev–Trinajstić information content (AvgIpc) is 1.78. The molecule has 0 heterocycles. The molecule has 0 saturated carbocycles. The number of likely N-dealkylation sites (N-methyl/N-ethyl adjacent to an activating group) is 1. The molecule has 0 bridgehead atoms. The van der Waals surface area contributed by atoms with Gasteiger partial charge in [0.2, 0.25) is 23.6 Å². The van der Waals surface area contributed by atoms with Crippen LogP contribution in [0.3, 0.4) is 0 Å². The maximum atomic E-state index is 15.0. The number of fused-ring (bicyclic) bond motifs is 3. The molecule has 9 rings (SSSR count). The molecule has 6 amide bonds. The summed E-state index contributed by atoms with van der Waals surface area (Å²) in [5, 5.41) is 14.8. The molecule has 16 heteroatoms. The Bertz CT molecular complexity index is 3580. The molecule has 0 unspecified atom stereocenters. The third-order valence-corrected chi connectivity index (χ3v) is 16.0. The lowest BCUT2D eigenvalue weighted by Gasteiger charge is -2.37. The van der Waals surface area contributed by atoms with E-state index in [0.29, 0.717) is 49.4 Å². The van der Waals surface area contributed by atoms with Crippen molar-refractivity contribution >= 4 is 35.8 Å². The van der Waals surface area contributed by atoms with E-state index in [4.69, 9.17) is 18.9 Å². The van der Waals surface area contributed by atoms with Gasteiger partial charge in [0.05, 0.1) is 12.8 Å². The van der Waals surface area contributed by atoms with E-state index in [9.17, 15) is 28.8 Å². The lowest BCUT2D eigenvalue weighted by atomic mass is 9.77. The van der Waals surface area contributed by atoms with Crippen molar-refractivity contribution in [3.63, 3.8) is 0 Å². The van der Waals surface area contributed by atoms with Gasteiger partial charge >= 0.3 is 12.2 Å². The van der Waals surface area contributed by atoms with E-state index < -0.39 is 65.5 Å². The van der Waals surface area contributed by atoms with Gasteiger partial charge in [-0.05, 0) is 109 Å². The second kappa shape index (κ2) is 32.5. The predicted octanol–water partition coefficient (Wildman–Crippen LogP) is 12.3. The maximum Gasteiger partial charge on any atom is 0.407 e. The van der Waals surface area contributed by atoms with Crippen molar-refractivity contribution in [2.75, 3.05) is 33.3 Å². The number of carbonyl (C=O) groups is 6. The number of ether oxygens (including phenoxy) is 4. The molecule has 16 nitrogen and oxygen atoms in total. The average molecular weight is 1240 g/mol. The molecule has 8 aromatic carbocycles. The highest BCUT2D eigenvalue weighted by Crippen LogP contribution is 2.45. The monoisotopic (exact) mass is 1240 g/mol. The van der Waals surface area contributed by atoms with Crippen LogP contribution in [0.25, 0.3) is 11.1 Å². The molecule has 8 aromatic rings. The second-order valence-corrected chi connectivity index (χ2v) is 23.9. The fraction of sp³-hybridized carbons (Fsp3) is 0.289. The summed E-state index contributed by atoms with van der Waals surface area (Å²) in [6.45, 7) is 6.64. The molecule has 0 aliphatic heterocycles. The molecule has 0 fully saturated rings. The van der Waals surface area contributed by atoms with E-state index in [2.05, 4.69) is 38.7 Å². The summed E-state index contributed by atoms with van der Waals surface area (Å²) in [6.07, 6.45) is 0.257. The number of hydrogen-bond donors (Lipinski definition) is 5. The van der Waals surface area contributed by atoms with Gasteiger partial charge in [0, 0.05) is 44.2 Å². The van der Waals surface area contributed by atoms with E-state index in [1.165, 1.54) is 4.90 Å². The van der Waals surface area contributed by atoms with Crippen LogP contribution in [0.5, 0.6) is 11.5 Å². The fourth-order valence-electron chi connectivity index (χ4n) is 11.4. The Kier molecular flexibility index (Phi) is 23.4. The minimum Gasteiger partial charge on any atom is -0.489 e. The highest BCUT2D eigenvalue weighted by Gasteiger charge is 2.39. The SMILES string of the molecule is CN(CCCCCNC(=O)[C@H](CCCNC(=O)OC(C)(C)C)NC(=O)OCC1c2ccccc2-c2ccccc21)C(=O)[C@H](CC(=O)NC(c1ccccc1)(c1ccccc1)c1ccccc1)NC(=O)Cc1ccc(OCc2ccccc2)cc1OCc1ccccc1. The molecule has 0 aromatic heterocycles. The largest absolute Gasteiger partial charge is 0.489 e. The third-order valence-electron chi connectivity index (χ3n) is 16.0. The Morgan fingerprint density at radius 2 is 1.04 bits per heavy atom. The fourth-order valence-corrected chi connectivity index (χ4v) is 11.4. The molecular weight excluding hydrogens is 1160 g/mol. The summed E-state index contributed by atoms with van der Waals surface area (Å²) in [7, 11) is 1.64. The van der Waals surface area contributed by atoms with E-state index in [1.807, 2.05) is 188 Å². The lowest BCUT2D eigenvalue weighted by Crippen LogP contribution is -2.53. The van der Waals surface area contributed by atoms with Crippen LogP contribution in [0.2, 0.25) is 0 Å². The van der Waals surface area contributed by atoms with Crippen LogP contribution in [0.1, 0.15) is 110 Å². The first-order chi connectivity index (χ1) is 44.6. The number of unbranched alkanes of at least 4 members (excludes halogenated alkanes) is 2. The Balaban J connectivity index is 0.865. The number of rotatable bonds is 30. The molecule has 0 spiro atoms. The summed E-state index contributed by atoms with van der Waals surface area (Å²) in [6, 6.07) is 67.5. The van der Waals surface area contributed by atoms with Crippen molar-refractivity contribution in [3.05, 3.63) is 263 Å². The van der Waals surface area contributed by atoms with Gasteiger partial charge in [-0.3, -0.25) is 19.2 Å². The maximum absolute atomic E-state index is 15.0. The summed E-state index contributed by atoms with van der Waals surface area (Å²) < 4.78 is 23.8. The van der Waals surface area contributed by atoms with Crippen LogP contribution in [0.15, 0.2) is 218 Å². The Morgan fingerprint density at radius 3 is 1.61 bits per heavy atom. The minimum atomic E-state index is -1.30. The van der Waals surface area contributed by atoms with Crippen molar-refractivity contribution in [3.8, 4) is 22.6 Å². The number of carbonyl (C=O) groups excluding carboxylic acids is 6. The zero-order valence-corrected chi connectivity index (χ0v) is 52.7. The molecule has 1 aliphatic carbocycles. The molecule has 5 N–H and O–H groups in total. The van der Waals surface area contributed by atoms with E-state index in [1.54, 1.807) is 46.0 Å². The van der Waals surface area contributed by atoms with Gasteiger partial charge in [0.15, 0.2) is 0 Å². The summed E-state index contributed by atoms with van der Waals surface area (Å²) in [5.74, 6) is -1.09.